The molecule has 0 bridgehead atoms. The van der Waals surface area contributed by atoms with Gasteiger partial charge in [-0.15, -0.1) is 11.3 Å². The number of thiophene rings is 1. The monoisotopic (exact) mass is 288 g/mol. The third kappa shape index (κ3) is 2.40. The standard InChI is InChI=1S/C18H12N2S/c19-11-14(12-20)18(17-9-4-10-21-17)16-8-3-6-13-5-1-2-7-15(13)16/h1-10,14,18H. The van der Waals surface area contributed by atoms with Gasteiger partial charge in [-0.25, -0.2) is 0 Å². The quantitative estimate of drug-likeness (QED) is 0.701. The minimum absolute atomic E-state index is 0.203. The summed E-state index contributed by atoms with van der Waals surface area (Å²) in [5, 5.41) is 22.9. The second kappa shape index (κ2) is 5.79. The van der Waals surface area contributed by atoms with Crippen molar-refractivity contribution in [3.63, 3.8) is 0 Å². The van der Waals surface area contributed by atoms with Gasteiger partial charge in [-0.05, 0) is 27.8 Å². The number of hydrogen-bond donors (Lipinski definition) is 0. The van der Waals surface area contributed by atoms with E-state index in [4.69, 9.17) is 0 Å². The Balaban J connectivity index is 2.25. The molecule has 2 nitrogen and oxygen atoms in total. The molecule has 0 aliphatic carbocycles. The van der Waals surface area contributed by atoms with E-state index in [0.29, 0.717) is 0 Å². The maximum Gasteiger partial charge on any atom is 0.145 e. The Kier molecular flexibility index (Phi) is 3.69. The van der Waals surface area contributed by atoms with Crippen LogP contribution < -0.4 is 0 Å². The molecule has 0 spiro atoms. The first-order valence-corrected chi connectivity index (χ1v) is 7.53. The summed E-state index contributed by atoms with van der Waals surface area (Å²) >= 11 is 1.59. The fraction of sp³-hybridized carbons (Fsp3) is 0.111. The fourth-order valence-corrected chi connectivity index (χ4v) is 3.55. The summed E-state index contributed by atoms with van der Waals surface area (Å²) in [6.45, 7) is 0. The van der Waals surface area contributed by atoms with Crippen molar-refractivity contribution in [2.75, 3.05) is 0 Å². The van der Waals surface area contributed by atoms with Crippen LogP contribution in [0.4, 0.5) is 0 Å². The zero-order valence-electron chi connectivity index (χ0n) is 11.2. The Bertz CT molecular complexity index is 818. The molecular formula is C18H12N2S. The van der Waals surface area contributed by atoms with Crippen molar-refractivity contribution in [3.8, 4) is 12.1 Å². The Morgan fingerprint density at radius 2 is 1.62 bits per heavy atom. The predicted molar refractivity (Wildman–Crippen MR) is 84.8 cm³/mol. The van der Waals surface area contributed by atoms with E-state index in [-0.39, 0.29) is 5.92 Å². The maximum atomic E-state index is 9.36. The van der Waals surface area contributed by atoms with E-state index in [1.807, 2.05) is 41.8 Å². The zero-order valence-corrected chi connectivity index (χ0v) is 12.0. The lowest BCUT2D eigenvalue weighted by Crippen LogP contribution is -2.10. The van der Waals surface area contributed by atoms with Crippen LogP contribution in [0.1, 0.15) is 16.4 Å². The molecule has 0 aliphatic heterocycles. The van der Waals surface area contributed by atoms with Crippen LogP contribution in [0.2, 0.25) is 0 Å². The number of benzene rings is 2. The molecule has 0 saturated heterocycles. The SMILES string of the molecule is N#CC(C#N)C(c1cccs1)c1cccc2ccccc12. The fourth-order valence-electron chi connectivity index (χ4n) is 2.66. The van der Waals surface area contributed by atoms with Crippen LogP contribution in [0.5, 0.6) is 0 Å². The van der Waals surface area contributed by atoms with Gasteiger partial charge >= 0.3 is 0 Å². The second-order valence-corrected chi connectivity index (χ2v) is 5.78. The lowest BCUT2D eigenvalue weighted by Gasteiger charge is -2.18. The number of rotatable bonds is 3. The van der Waals surface area contributed by atoms with Gasteiger partial charge in [0.05, 0.1) is 12.1 Å². The highest BCUT2D eigenvalue weighted by molar-refractivity contribution is 7.10. The molecule has 0 saturated carbocycles. The van der Waals surface area contributed by atoms with Crippen LogP contribution in [-0.2, 0) is 0 Å². The van der Waals surface area contributed by atoms with Crippen molar-refractivity contribution >= 4 is 22.1 Å². The molecule has 3 aromatic rings. The van der Waals surface area contributed by atoms with E-state index < -0.39 is 5.92 Å². The molecule has 0 N–H and O–H groups in total. The average molecular weight is 288 g/mol. The van der Waals surface area contributed by atoms with E-state index in [9.17, 15) is 10.5 Å². The molecule has 100 valence electrons. The minimum atomic E-state index is -0.686. The molecule has 1 atom stereocenters. The average Bonchev–Trinajstić information content (AvgIpc) is 3.06. The first-order valence-electron chi connectivity index (χ1n) is 6.65. The summed E-state index contributed by atoms with van der Waals surface area (Å²) in [5.74, 6) is -0.888. The van der Waals surface area contributed by atoms with Crippen LogP contribution in [0.3, 0.4) is 0 Å². The number of fused-ring (bicyclic) bond motifs is 1. The molecular weight excluding hydrogens is 276 g/mol. The van der Waals surface area contributed by atoms with Gasteiger partial charge < -0.3 is 0 Å². The number of nitriles is 2. The van der Waals surface area contributed by atoms with Gasteiger partial charge in [0.2, 0.25) is 0 Å². The molecule has 1 aromatic heterocycles. The second-order valence-electron chi connectivity index (χ2n) is 4.80. The van der Waals surface area contributed by atoms with Crippen molar-refractivity contribution in [3.05, 3.63) is 70.4 Å². The maximum absolute atomic E-state index is 9.36. The molecule has 2 aromatic carbocycles. The summed E-state index contributed by atoms with van der Waals surface area (Å²) in [7, 11) is 0. The highest BCUT2D eigenvalue weighted by atomic mass is 32.1. The number of nitrogens with zero attached hydrogens (tertiary/aromatic N) is 2. The van der Waals surface area contributed by atoms with Crippen LogP contribution >= 0.6 is 11.3 Å². The molecule has 3 heteroatoms. The molecule has 0 amide bonds. The lowest BCUT2D eigenvalue weighted by atomic mass is 9.84. The first kappa shape index (κ1) is 13.4. The molecule has 0 fully saturated rings. The third-order valence-electron chi connectivity index (χ3n) is 3.62. The van der Waals surface area contributed by atoms with Crippen LogP contribution in [-0.4, -0.2) is 0 Å². The van der Waals surface area contributed by atoms with Crippen molar-refractivity contribution in [2.24, 2.45) is 5.92 Å². The molecule has 21 heavy (non-hydrogen) atoms. The van der Waals surface area contributed by atoms with E-state index in [1.165, 1.54) is 0 Å². The minimum Gasteiger partial charge on any atom is -0.197 e. The molecule has 0 aliphatic rings. The van der Waals surface area contributed by atoms with E-state index >= 15 is 0 Å². The zero-order chi connectivity index (χ0) is 14.7. The van der Waals surface area contributed by atoms with Gasteiger partial charge in [0, 0.05) is 10.8 Å². The molecule has 1 unspecified atom stereocenters. The van der Waals surface area contributed by atoms with Gasteiger partial charge in [0.25, 0.3) is 0 Å². The van der Waals surface area contributed by atoms with Gasteiger partial charge in [-0.1, -0.05) is 48.5 Å². The molecule has 3 rings (SSSR count). The summed E-state index contributed by atoms with van der Waals surface area (Å²) in [6.07, 6.45) is 0. The van der Waals surface area contributed by atoms with E-state index in [1.54, 1.807) is 11.3 Å². The normalized spacial score (nSPS) is 12.0. The Morgan fingerprint density at radius 3 is 2.33 bits per heavy atom. The Morgan fingerprint density at radius 1 is 0.857 bits per heavy atom. The Hall–Kier alpha value is -2.62. The van der Waals surface area contributed by atoms with Crippen molar-refractivity contribution in [1.29, 1.82) is 10.5 Å². The highest BCUT2D eigenvalue weighted by Crippen LogP contribution is 2.37. The predicted octanol–water partition coefficient (Wildman–Crippen LogP) is 4.70. The Labute approximate surface area is 127 Å². The van der Waals surface area contributed by atoms with Crippen LogP contribution in [0, 0.1) is 28.6 Å². The lowest BCUT2D eigenvalue weighted by molar-refractivity contribution is 0.727. The van der Waals surface area contributed by atoms with Crippen molar-refractivity contribution < 1.29 is 0 Å². The molecule has 1 heterocycles. The van der Waals surface area contributed by atoms with Gasteiger partial charge in [0.1, 0.15) is 5.92 Å². The summed E-state index contributed by atoms with van der Waals surface area (Å²) in [6, 6.07) is 22.4. The summed E-state index contributed by atoms with van der Waals surface area (Å²) in [5.41, 5.74) is 1.05. The van der Waals surface area contributed by atoms with Crippen molar-refractivity contribution in [2.45, 2.75) is 5.92 Å². The van der Waals surface area contributed by atoms with Gasteiger partial charge in [0.15, 0.2) is 0 Å². The summed E-state index contributed by atoms with van der Waals surface area (Å²) < 4.78 is 0. The van der Waals surface area contributed by atoms with Gasteiger partial charge in [-0.2, -0.15) is 10.5 Å². The third-order valence-corrected chi connectivity index (χ3v) is 4.58. The molecule has 0 radical (unpaired) electrons. The van der Waals surface area contributed by atoms with Crippen molar-refractivity contribution in [1.82, 2.24) is 0 Å². The topological polar surface area (TPSA) is 47.6 Å². The van der Waals surface area contributed by atoms with Gasteiger partial charge in [-0.3, -0.25) is 0 Å². The van der Waals surface area contributed by atoms with Crippen LogP contribution in [0.25, 0.3) is 10.8 Å². The number of hydrogen-bond acceptors (Lipinski definition) is 3. The van der Waals surface area contributed by atoms with Crippen LogP contribution in [0.15, 0.2) is 60.0 Å². The van der Waals surface area contributed by atoms with E-state index in [0.717, 1.165) is 21.2 Å². The highest BCUT2D eigenvalue weighted by Gasteiger charge is 2.27. The summed E-state index contributed by atoms with van der Waals surface area (Å²) in [4.78, 5) is 1.06. The largest absolute Gasteiger partial charge is 0.197 e. The van der Waals surface area contributed by atoms with E-state index in [2.05, 4.69) is 30.3 Å². The smallest absolute Gasteiger partial charge is 0.145 e. The first-order chi connectivity index (χ1) is 10.3.